The summed E-state index contributed by atoms with van der Waals surface area (Å²) in [6, 6.07) is 62.2. The van der Waals surface area contributed by atoms with E-state index in [4.69, 9.17) is 4.42 Å². The molecule has 1 aliphatic carbocycles. The maximum Gasteiger partial charge on any atom is 0.145 e. The normalized spacial score (nSPS) is 12.5. The molecule has 0 atom stereocenters. The number of furan rings is 1. The summed E-state index contributed by atoms with van der Waals surface area (Å²) in [5, 5.41) is 12.1. The van der Waals surface area contributed by atoms with E-state index in [9.17, 15) is 0 Å². The fourth-order valence-electron chi connectivity index (χ4n) is 9.67. The smallest absolute Gasteiger partial charge is 0.145 e. The van der Waals surface area contributed by atoms with Gasteiger partial charge in [0, 0.05) is 38.0 Å². The molecule has 0 spiro atoms. The van der Waals surface area contributed by atoms with Crippen molar-refractivity contribution in [2.45, 2.75) is 0 Å². The lowest BCUT2D eigenvalue weighted by Crippen LogP contribution is -1.96. The van der Waals surface area contributed by atoms with E-state index in [1.165, 1.54) is 76.5 Å². The molecule has 3 nitrogen and oxygen atoms in total. The van der Waals surface area contributed by atoms with Crippen LogP contribution in [0.15, 0.2) is 174 Å². The Labute approximate surface area is 303 Å². The number of nitrogens with zero attached hydrogens (tertiary/aromatic N) is 2. The van der Waals surface area contributed by atoms with Crippen LogP contribution in [0.4, 0.5) is 0 Å². The Balaban J connectivity index is 1.20. The van der Waals surface area contributed by atoms with Gasteiger partial charge in [0.05, 0.1) is 33.1 Å². The molecule has 0 bridgehead atoms. The van der Waals surface area contributed by atoms with Crippen molar-refractivity contribution in [3.8, 4) is 33.6 Å². The molecule has 12 aromatic rings. The van der Waals surface area contributed by atoms with Crippen LogP contribution in [0.3, 0.4) is 0 Å². The van der Waals surface area contributed by atoms with Gasteiger partial charge < -0.3 is 13.6 Å². The molecule has 0 fully saturated rings. The predicted octanol–water partition coefficient (Wildman–Crippen LogP) is 13.7. The molecule has 0 radical (unpaired) electrons. The molecule has 244 valence electrons. The zero-order valence-electron chi connectivity index (χ0n) is 28.5. The van der Waals surface area contributed by atoms with Crippen molar-refractivity contribution >= 4 is 87.1 Å². The fourth-order valence-corrected chi connectivity index (χ4v) is 9.67. The number of hydrogen-bond donors (Lipinski definition) is 0. The van der Waals surface area contributed by atoms with Crippen molar-refractivity contribution in [3.05, 3.63) is 170 Å². The van der Waals surface area contributed by atoms with Crippen LogP contribution in [-0.4, -0.2) is 9.13 Å². The minimum Gasteiger partial charge on any atom is -0.455 e. The highest BCUT2D eigenvalue weighted by atomic mass is 16.3. The molecule has 0 saturated carbocycles. The Morgan fingerprint density at radius 2 is 1.04 bits per heavy atom. The molecule has 13 rings (SSSR count). The Bertz CT molecular complexity index is 3560. The van der Waals surface area contributed by atoms with Crippen molar-refractivity contribution in [1.29, 1.82) is 0 Å². The van der Waals surface area contributed by atoms with Crippen molar-refractivity contribution in [1.82, 2.24) is 9.13 Å². The zero-order chi connectivity index (χ0) is 34.4. The summed E-state index contributed by atoms with van der Waals surface area (Å²) in [6.07, 6.45) is 0. The average molecular weight is 673 g/mol. The van der Waals surface area contributed by atoms with Crippen LogP contribution < -0.4 is 0 Å². The maximum absolute atomic E-state index is 6.76. The third-order valence-electron chi connectivity index (χ3n) is 11.8. The van der Waals surface area contributed by atoms with Crippen LogP contribution in [0.2, 0.25) is 0 Å². The molecule has 0 amide bonds. The van der Waals surface area contributed by atoms with Crippen LogP contribution in [0.1, 0.15) is 0 Å². The van der Waals surface area contributed by atoms with Crippen molar-refractivity contribution in [2.24, 2.45) is 0 Å². The van der Waals surface area contributed by atoms with Gasteiger partial charge in [-0.3, -0.25) is 0 Å². The largest absolute Gasteiger partial charge is 0.455 e. The Hall–Kier alpha value is -7.10. The molecule has 0 unspecified atom stereocenters. The lowest BCUT2D eigenvalue weighted by molar-refractivity contribution is 0.673. The van der Waals surface area contributed by atoms with Crippen LogP contribution in [-0.2, 0) is 0 Å². The molecule has 1 aliphatic rings. The third kappa shape index (κ3) is 3.44. The summed E-state index contributed by atoms with van der Waals surface area (Å²) in [6.45, 7) is 0. The van der Waals surface area contributed by atoms with E-state index in [-0.39, 0.29) is 0 Å². The number of fused-ring (bicyclic) bond motifs is 15. The summed E-state index contributed by atoms with van der Waals surface area (Å²) >= 11 is 0. The lowest BCUT2D eigenvalue weighted by atomic mass is 10.0. The summed E-state index contributed by atoms with van der Waals surface area (Å²) < 4.78 is 11.7. The van der Waals surface area contributed by atoms with E-state index in [2.05, 4.69) is 179 Å². The highest BCUT2D eigenvalue weighted by molar-refractivity contribution is 6.31. The number of aromatic nitrogens is 2. The Kier molecular flexibility index (Phi) is 5.11. The van der Waals surface area contributed by atoms with Gasteiger partial charge in [-0.2, -0.15) is 0 Å². The SMILES string of the molecule is c1ccc2c(-n3c4ccc5c6ccccc6oc5c4c4ccc5c(c6ccccc6n5-c5ccc6c(c5)-c5cccc7cccc-6c57)c43)cccc2c1. The topological polar surface area (TPSA) is 23.0 Å². The molecule has 9 aromatic carbocycles. The summed E-state index contributed by atoms with van der Waals surface area (Å²) in [5.74, 6) is 0. The molecule has 3 aromatic heterocycles. The first-order chi connectivity index (χ1) is 26.3. The van der Waals surface area contributed by atoms with E-state index in [1.807, 2.05) is 0 Å². The van der Waals surface area contributed by atoms with Crippen molar-refractivity contribution in [2.75, 3.05) is 0 Å². The highest BCUT2D eigenvalue weighted by Crippen LogP contribution is 2.50. The first kappa shape index (κ1) is 27.6. The minimum atomic E-state index is 0.910. The maximum atomic E-state index is 6.76. The van der Waals surface area contributed by atoms with Gasteiger partial charge in [-0.25, -0.2) is 0 Å². The lowest BCUT2D eigenvalue weighted by Gasteiger charge is -2.13. The van der Waals surface area contributed by atoms with Gasteiger partial charge in [0.2, 0.25) is 0 Å². The molecule has 3 heteroatoms. The first-order valence-corrected chi connectivity index (χ1v) is 18.3. The van der Waals surface area contributed by atoms with E-state index in [0.717, 1.165) is 44.2 Å². The van der Waals surface area contributed by atoms with Crippen molar-refractivity contribution in [3.63, 3.8) is 0 Å². The molecule has 3 heterocycles. The van der Waals surface area contributed by atoms with E-state index in [0.29, 0.717) is 0 Å². The number of hydrogen-bond acceptors (Lipinski definition) is 1. The van der Waals surface area contributed by atoms with Gasteiger partial charge in [0.25, 0.3) is 0 Å². The number of benzene rings is 9. The van der Waals surface area contributed by atoms with E-state index < -0.39 is 0 Å². The second kappa shape index (κ2) is 9.81. The summed E-state index contributed by atoms with van der Waals surface area (Å²) in [5.41, 5.74) is 14.1. The van der Waals surface area contributed by atoms with Gasteiger partial charge in [0.15, 0.2) is 0 Å². The van der Waals surface area contributed by atoms with Crippen LogP contribution in [0, 0.1) is 0 Å². The molecular weight excluding hydrogens is 645 g/mol. The van der Waals surface area contributed by atoms with E-state index in [1.54, 1.807) is 0 Å². The highest BCUT2D eigenvalue weighted by Gasteiger charge is 2.26. The third-order valence-corrected chi connectivity index (χ3v) is 11.8. The molecule has 0 N–H and O–H groups in total. The van der Waals surface area contributed by atoms with Gasteiger partial charge in [-0.1, -0.05) is 115 Å². The monoisotopic (exact) mass is 672 g/mol. The fraction of sp³-hybridized carbons (Fsp3) is 0. The number of para-hydroxylation sites is 2. The Morgan fingerprint density at radius 1 is 0.358 bits per heavy atom. The van der Waals surface area contributed by atoms with Crippen LogP contribution in [0.25, 0.3) is 121 Å². The van der Waals surface area contributed by atoms with E-state index >= 15 is 0 Å². The zero-order valence-corrected chi connectivity index (χ0v) is 28.5. The molecule has 53 heavy (non-hydrogen) atoms. The molecule has 0 saturated heterocycles. The molecule has 0 aliphatic heterocycles. The second-order valence-corrected chi connectivity index (χ2v) is 14.4. The van der Waals surface area contributed by atoms with Crippen LogP contribution in [0.5, 0.6) is 0 Å². The van der Waals surface area contributed by atoms with Gasteiger partial charge in [-0.05, 0) is 93.0 Å². The van der Waals surface area contributed by atoms with Gasteiger partial charge >= 0.3 is 0 Å². The first-order valence-electron chi connectivity index (χ1n) is 18.3. The predicted molar refractivity (Wildman–Crippen MR) is 222 cm³/mol. The summed E-state index contributed by atoms with van der Waals surface area (Å²) in [7, 11) is 0. The second-order valence-electron chi connectivity index (χ2n) is 14.4. The van der Waals surface area contributed by atoms with Crippen molar-refractivity contribution < 1.29 is 4.42 Å². The number of rotatable bonds is 2. The Morgan fingerprint density at radius 3 is 1.92 bits per heavy atom. The standard InChI is InChI=1S/C50H28N2O/c1-2-14-32-29(10-1)11-9-20-41(32)52-44-26-24-37-34-15-4-6-21-45(34)53-50(37)48(44)39-25-27-43-47(49(39)52)38-16-3-5-19-42(38)51(43)31-22-23-33-35-17-7-12-30-13-8-18-36(46(30)35)40(33)28-31/h1-28H. The molecular formula is C50H28N2O. The van der Waals surface area contributed by atoms with Gasteiger partial charge in [-0.15, -0.1) is 0 Å². The van der Waals surface area contributed by atoms with Crippen LogP contribution >= 0.6 is 0 Å². The average Bonchev–Trinajstić information content (AvgIpc) is 3.95. The minimum absolute atomic E-state index is 0.910. The quantitative estimate of drug-likeness (QED) is 0.179. The van der Waals surface area contributed by atoms with Gasteiger partial charge in [0.1, 0.15) is 11.2 Å². The summed E-state index contributed by atoms with van der Waals surface area (Å²) in [4.78, 5) is 0.